The second kappa shape index (κ2) is 9.19. The maximum absolute atomic E-state index is 12.1. The van der Waals surface area contributed by atoms with Gasteiger partial charge in [-0.1, -0.05) is 30.3 Å². The van der Waals surface area contributed by atoms with Gasteiger partial charge in [0.05, 0.1) is 5.56 Å². The molecule has 1 aromatic heterocycles. The van der Waals surface area contributed by atoms with E-state index in [1.165, 1.54) is 16.2 Å². The average Bonchev–Trinajstić information content (AvgIpc) is 3.04. The van der Waals surface area contributed by atoms with Gasteiger partial charge in [-0.05, 0) is 36.8 Å². The highest BCUT2D eigenvalue weighted by Crippen LogP contribution is 2.37. The zero-order valence-electron chi connectivity index (χ0n) is 14.9. The topological polar surface area (TPSA) is 91.2 Å². The van der Waals surface area contributed by atoms with Crippen molar-refractivity contribution in [3.05, 3.63) is 51.9 Å². The fourth-order valence-electron chi connectivity index (χ4n) is 3.01. The summed E-state index contributed by atoms with van der Waals surface area (Å²) in [6.45, 7) is 0.359. The largest absolute Gasteiger partial charge is 0.445 e. The Labute approximate surface area is 162 Å². The summed E-state index contributed by atoms with van der Waals surface area (Å²) < 4.78 is 5.10. The molecule has 3 rings (SSSR count). The smallest absolute Gasteiger partial charge is 0.407 e. The second-order valence-corrected chi connectivity index (χ2v) is 7.42. The van der Waals surface area contributed by atoms with E-state index in [0.29, 0.717) is 10.6 Å². The molecule has 0 saturated carbocycles. The predicted molar refractivity (Wildman–Crippen MR) is 104 cm³/mol. The summed E-state index contributed by atoms with van der Waals surface area (Å²) in [5.41, 5.74) is 2.58. The number of carbonyl (C=O) groups is 2. The van der Waals surface area contributed by atoms with Crippen molar-refractivity contribution in [1.29, 1.82) is 5.26 Å². The van der Waals surface area contributed by atoms with Gasteiger partial charge in [-0.25, -0.2) is 4.79 Å². The molecular formula is C20H21N3O3S. The van der Waals surface area contributed by atoms with Crippen LogP contribution in [0.4, 0.5) is 9.80 Å². The number of anilines is 1. The number of nitriles is 1. The van der Waals surface area contributed by atoms with E-state index in [9.17, 15) is 14.9 Å². The molecule has 0 spiro atoms. The lowest BCUT2D eigenvalue weighted by atomic mass is 9.96. The van der Waals surface area contributed by atoms with Crippen molar-refractivity contribution >= 4 is 28.3 Å². The molecule has 2 aromatic rings. The van der Waals surface area contributed by atoms with Crippen LogP contribution in [0.3, 0.4) is 0 Å². The molecule has 0 unspecified atom stereocenters. The van der Waals surface area contributed by atoms with E-state index >= 15 is 0 Å². The Balaban J connectivity index is 1.43. The summed E-state index contributed by atoms with van der Waals surface area (Å²) in [7, 11) is 0. The minimum absolute atomic E-state index is 0.119. The van der Waals surface area contributed by atoms with Gasteiger partial charge in [0, 0.05) is 17.8 Å². The number of alkyl carbamates (subject to hydrolysis) is 1. The van der Waals surface area contributed by atoms with Gasteiger partial charge in [-0.15, -0.1) is 11.3 Å². The van der Waals surface area contributed by atoms with Crippen molar-refractivity contribution in [1.82, 2.24) is 5.32 Å². The number of ether oxygens (including phenoxy) is 1. The molecule has 1 aromatic carbocycles. The van der Waals surface area contributed by atoms with Crippen LogP contribution in [0.2, 0.25) is 0 Å². The second-order valence-electron chi connectivity index (χ2n) is 6.31. The number of nitrogens with one attached hydrogen (secondary N) is 2. The van der Waals surface area contributed by atoms with Crippen LogP contribution in [0.5, 0.6) is 0 Å². The van der Waals surface area contributed by atoms with Gasteiger partial charge in [-0.3, -0.25) is 4.79 Å². The van der Waals surface area contributed by atoms with Crippen LogP contribution in [0.25, 0.3) is 0 Å². The van der Waals surface area contributed by atoms with Gasteiger partial charge in [0.15, 0.2) is 0 Å². The normalized spacial score (nSPS) is 12.6. The van der Waals surface area contributed by atoms with Crippen molar-refractivity contribution < 1.29 is 14.3 Å². The number of nitrogens with zero attached hydrogens (tertiary/aromatic N) is 1. The maximum Gasteiger partial charge on any atom is 0.407 e. The third-order valence-electron chi connectivity index (χ3n) is 4.37. The first kappa shape index (κ1) is 18.9. The highest BCUT2D eigenvalue weighted by atomic mass is 32.1. The maximum atomic E-state index is 12.1. The molecule has 1 aliphatic rings. The average molecular weight is 383 g/mol. The standard InChI is InChI=1S/C20H21N3O3S/c21-12-16-15-8-4-5-9-17(15)27-19(16)23-18(24)10-11-22-20(25)26-13-14-6-2-1-3-7-14/h1-3,6-7H,4-5,8-11,13H2,(H,22,25)(H,23,24). The van der Waals surface area contributed by atoms with E-state index in [1.807, 2.05) is 30.3 Å². The van der Waals surface area contributed by atoms with Crippen LogP contribution in [0, 0.1) is 11.3 Å². The Morgan fingerprint density at radius 2 is 1.96 bits per heavy atom. The van der Waals surface area contributed by atoms with Gasteiger partial charge >= 0.3 is 6.09 Å². The number of carbonyl (C=O) groups excluding carboxylic acids is 2. The summed E-state index contributed by atoms with van der Waals surface area (Å²) >= 11 is 1.49. The van der Waals surface area contributed by atoms with Crippen molar-refractivity contribution in [2.24, 2.45) is 0 Å². The lowest BCUT2D eigenvalue weighted by Gasteiger charge is -2.09. The first-order chi connectivity index (χ1) is 13.2. The number of aryl methyl sites for hydroxylation is 1. The molecule has 7 heteroatoms. The fraction of sp³-hybridized carbons (Fsp3) is 0.350. The van der Waals surface area contributed by atoms with Crippen molar-refractivity contribution in [2.75, 3.05) is 11.9 Å². The van der Waals surface area contributed by atoms with Crippen LogP contribution < -0.4 is 10.6 Å². The number of hydrogen-bond acceptors (Lipinski definition) is 5. The van der Waals surface area contributed by atoms with E-state index in [1.54, 1.807) is 0 Å². The number of amides is 2. The molecular weight excluding hydrogens is 362 g/mol. The number of fused-ring (bicyclic) bond motifs is 1. The first-order valence-corrected chi connectivity index (χ1v) is 9.78. The molecule has 0 radical (unpaired) electrons. The zero-order chi connectivity index (χ0) is 19.1. The predicted octanol–water partition coefficient (Wildman–Crippen LogP) is 3.75. The van der Waals surface area contributed by atoms with Gasteiger partial charge in [-0.2, -0.15) is 5.26 Å². The molecule has 1 aliphatic carbocycles. The summed E-state index contributed by atoms with van der Waals surface area (Å²) in [6.07, 6.45) is 3.64. The summed E-state index contributed by atoms with van der Waals surface area (Å²) in [5.74, 6) is -0.228. The molecule has 0 fully saturated rings. The summed E-state index contributed by atoms with van der Waals surface area (Å²) in [6, 6.07) is 11.6. The Hall–Kier alpha value is -2.85. The fourth-order valence-corrected chi connectivity index (χ4v) is 4.27. The van der Waals surface area contributed by atoms with E-state index in [0.717, 1.165) is 36.8 Å². The van der Waals surface area contributed by atoms with Gasteiger partial charge in [0.1, 0.15) is 17.7 Å². The highest BCUT2D eigenvalue weighted by molar-refractivity contribution is 7.16. The van der Waals surface area contributed by atoms with E-state index in [-0.39, 0.29) is 25.5 Å². The molecule has 140 valence electrons. The van der Waals surface area contributed by atoms with Crippen LogP contribution >= 0.6 is 11.3 Å². The highest BCUT2D eigenvalue weighted by Gasteiger charge is 2.21. The van der Waals surface area contributed by atoms with Crippen LogP contribution in [0.1, 0.15) is 40.8 Å². The molecule has 2 N–H and O–H groups in total. The van der Waals surface area contributed by atoms with Crippen molar-refractivity contribution in [3.8, 4) is 6.07 Å². The Morgan fingerprint density at radius 1 is 1.19 bits per heavy atom. The number of thiophene rings is 1. The minimum atomic E-state index is -0.559. The molecule has 27 heavy (non-hydrogen) atoms. The van der Waals surface area contributed by atoms with E-state index in [4.69, 9.17) is 4.74 Å². The molecule has 0 atom stereocenters. The monoisotopic (exact) mass is 383 g/mol. The van der Waals surface area contributed by atoms with Crippen LogP contribution in [-0.4, -0.2) is 18.5 Å². The number of benzene rings is 1. The minimum Gasteiger partial charge on any atom is -0.445 e. The molecule has 0 bridgehead atoms. The summed E-state index contributed by atoms with van der Waals surface area (Å²) in [5, 5.41) is 15.4. The SMILES string of the molecule is N#Cc1c(NC(=O)CCNC(=O)OCc2ccccc2)sc2c1CCCC2. The van der Waals surface area contributed by atoms with Crippen LogP contribution in [0.15, 0.2) is 30.3 Å². The molecule has 1 heterocycles. The van der Waals surface area contributed by atoms with E-state index in [2.05, 4.69) is 16.7 Å². The third-order valence-corrected chi connectivity index (χ3v) is 5.58. The van der Waals surface area contributed by atoms with Crippen molar-refractivity contribution in [3.63, 3.8) is 0 Å². The van der Waals surface area contributed by atoms with Crippen LogP contribution in [-0.2, 0) is 29.0 Å². The quantitative estimate of drug-likeness (QED) is 0.795. The Kier molecular flexibility index (Phi) is 6.44. The lowest BCUT2D eigenvalue weighted by Crippen LogP contribution is -2.28. The van der Waals surface area contributed by atoms with Gasteiger partial charge in [0.25, 0.3) is 0 Å². The first-order valence-electron chi connectivity index (χ1n) is 8.96. The third kappa shape index (κ3) is 5.08. The molecule has 0 saturated heterocycles. The lowest BCUT2D eigenvalue weighted by molar-refractivity contribution is -0.116. The van der Waals surface area contributed by atoms with Crippen molar-refractivity contribution in [2.45, 2.75) is 38.7 Å². The Bertz CT molecular complexity index is 855. The van der Waals surface area contributed by atoms with Gasteiger partial charge < -0.3 is 15.4 Å². The van der Waals surface area contributed by atoms with Gasteiger partial charge in [0.2, 0.25) is 5.91 Å². The molecule has 6 nitrogen and oxygen atoms in total. The summed E-state index contributed by atoms with van der Waals surface area (Å²) in [4.78, 5) is 25.0. The Morgan fingerprint density at radius 3 is 2.74 bits per heavy atom. The molecule has 2 amide bonds. The zero-order valence-corrected chi connectivity index (χ0v) is 15.7. The number of hydrogen-bond donors (Lipinski definition) is 2. The van der Waals surface area contributed by atoms with E-state index < -0.39 is 6.09 Å². The molecule has 0 aliphatic heterocycles. The number of rotatable bonds is 6.